The first-order valence-electron chi connectivity index (χ1n) is 6.52. The average Bonchev–Trinajstić information content (AvgIpc) is 2.56. The van der Waals surface area contributed by atoms with Crippen molar-refractivity contribution in [2.45, 2.75) is 0 Å². The van der Waals surface area contributed by atoms with E-state index in [0.717, 1.165) is 6.07 Å². The highest BCUT2D eigenvalue weighted by Gasteiger charge is 2.12. The number of benzene rings is 2. The van der Waals surface area contributed by atoms with Crippen molar-refractivity contribution < 1.29 is 9.21 Å². The minimum atomic E-state index is -0.325. The Hall–Kier alpha value is -3.39. The Balaban J connectivity index is 2.08. The van der Waals surface area contributed by atoms with Gasteiger partial charge in [-0.25, -0.2) is 0 Å². The van der Waals surface area contributed by atoms with Gasteiger partial charge in [0.05, 0.1) is 11.1 Å². The van der Waals surface area contributed by atoms with E-state index in [2.05, 4.69) is 5.32 Å². The van der Waals surface area contributed by atoms with Gasteiger partial charge in [0.2, 0.25) is 5.76 Å². The van der Waals surface area contributed by atoms with Gasteiger partial charge in [-0.2, -0.15) is 5.26 Å². The molecule has 5 nitrogen and oxygen atoms in total. The highest BCUT2D eigenvalue weighted by atomic mass is 16.3. The van der Waals surface area contributed by atoms with E-state index >= 15 is 0 Å². The normalized spacial score (nSPS) is 10.1. The smallest absolute Gasteiger partial charge is 0.255 e. The highest BCUT2D eigenvalue weighted by Crippen LogP contribution is 2.22. The number of anilines is 1. The summed E-state index contributed by atoms with van der Waals surface area (Å²) in [6.45, 7) is 0. The number of rotatable bonds is 2. The summed E-state index contributed by atoms with van der Waals surface area (Å²) in [5.74, 6) is -0.419. The van der Waals surface area contributed by atoms with E-state index in [4.69, 9.17) is 9.68 Å². The first-order valence-corrected chi connectivity index (χ1v) is 6.52. The molecule has 2 aromatic carbocycles. The second kappa shape index (κ2) is 5.54. The van der Waals surface area contributed by atoms with E-state index in [1.54, 1.807) is 48.5 Å². The van der Waals surface area contributed by atoms with E-state index in [1.165, 1.54) is 0 Å². The quantitative estimate of drug-likeness (QED) is 0.786. The van der Waals surface area contributed by atoms with Crippen LogP contribution in [0.15, 0.2) is 63.8 Å². The summed E-state index contributed by atoms with van der Waals surface area (Å²) in [4.78, 5) is 24.1. The average molecular weight is 290 g/mol. The van der Waals surface area contributed by atoms with Crippen molar-refractivity contribution in [2.75, 3.05) is 5.32 Å². The predicted molar refractivity (Wildman–Crippen MR) is 81.6 cm³/mol. The minimum Gasteiger partial charge on any atom is -0.443 e. The van der Waals surface area contributed by atoms with Gasteiger partial charge >= 0.3 is 0 Å². The molecule has 22 heavy (non-hydrogen) atoms. The molecule has 0 bridgehead atoms. The molecule has 106 valence electrons. The van der Waals surface area contributed by atoms with Gasteiger partial charge in [-0.15, -0.1) is 0 Å². The zero-order chi connectivity index (χ0) is 15.5. The van der Waals surface area contributed by atoms with Gasteiger partial charge in [-0.05, 0) is 24.3 Å². The second-order valence-corrected chi connectivity index (χ2v) is 4.59. The summed E-state index contributed by atoms with van der Waals surface area (Å²) in [7, 11) is 0. The number of carbonyl (C=O) groups is 1. The number of nitrogens with zero attached hydrogens (tertiary/aromatic N) is 1. The Morgan fingerprint density at radius 1 is 1.09 bits per heavy atom. The molecule has 1 N–H and O–H groups in total. The molecule has 5 heteroatoms. The summed E-state index contributed by atoms with van der Waals surface area (Å²) in [5.41, 5.74) is 0.697. The molecule has 0 aliphatic carbocycles. The zero-order valence-corrected chi connectivity index (χ0v) is 11.4. The molecular formula is C17H10N2O3. The van der Waals surface area contributed by atoms with Crippen LogP contribution in [0.3, 0.4) is 0 Å². The highest BCUT2D eigenvalue weighted by molar-refractivity contribution is 6.07. The van der Waals surface area contributed by atoms with Crippen LogP contribution in [0.25, 0.3) is 11.0 Å². The molecule has 3 rings (SSSR count). The minimum absolute atomic E-state index is 0.0982. The van der Waals surface area contributed by atoms with Crippen molar-refractivity contribution in [3.63, 3.8) is 0 Å². The molecule has 1 aromatic heterocycles. The molecule has 0 aliphatic heterocycles. The summed E-state index contributed by atoms with van der Waals surface area (Å²) in [6.07, 6.45) is 0. The third-order valence-corrected chi connectivity index (χ3v) is 3.15. The second-order valence-electron chi connectivity index (χ2n) is 4.59. The zero-order valence-electron chi connectivity index (χ0n) is 11.4. The molecule has 1 heterocycles. The van der Waals surface area contributed by atoms with Crippen LogP contribution in [0.4, 0.5) is 5.69 Å². The maximum atomic E-state index is 12.2. The van der Waals surface area contributed by atoms with E-state index in [0.29, 0.717) is 16.6 Å². The SMILES string of the molecule is N#Cc1cc(=O)c2cccc(NC(=O)c3ccccc3)c2o1. The van der Waals surface area contributed by atoms with Crippen molar-refractivity contribution in [3.05, 3.63) is 76.1 Å². The van der Waals surface area contributed by atoms with Gasteiger partial charge in [0.25, 0.3) is 5.91 Å². The topological polar surface area (TPSA) is 83.1 Å². The lowest BCUT2D eigenvalue weighted by molar-refractivity contribution is 0.102. The van der Waals surface area contributed by atoms with Crippen molar-refractivity contribution in [2.24, 2.45) is 0 Å². The van der Waals surface area contributed by atoms with Gasteiger partial charge in [-0.1, -0.05) is 24.3 Å². The summed E-state index contributed by atoms with van der Waals surface area (Å²) in [5, 5.41) is 11.9. The van der Waals surface area contributed by atoms with Gasteiger partial charge in [0.1, 0.15) is 6.07 Å². The third-order valence-electron chi connectivity index (χ3n) is 3.15. The molecule has 0 radical (unpaired) electrons. The molecule has 3 aromatic rings. The largest absolute Gasteiger partial charge is 0.443 e. The van der Waals surface area contributed by atoms with Gasteiger partial charge in [0, 0.05) is 11.6 Å². The number of hydrogen-bond acceptors (Lipinski definition) is 4. The van der Waals surface area contributed by atoms with Crippen LogP contribution in [-0.2, 0) is 0 Å². The lowest BCUT2D eigenvalue weighted by Crippen LogP contribution is -2.12. The number of nitriles is 1. The van der Waals surface area contributed by atoms with Crippen molar-refractivity contribution in [3.8, 4) is 6.07 Å². The van der Waals surface area contributed by atoms with Crippen LogP contribution in [-0.4, -0.2) is 5.91 Å². The van der Waals surface area contributed by atoms with Crippen LogP contribution in [0.2, 0.25) is 0 Å². The Morgan fingerprint density at radius 2 is 1.86 bits per heavy atom. The van der Waals surface area contributed by atoms with Crippen LogP contribution in [0.5, 0.6) is 0 Å². The summed E-state index contributed by atoms with van der Waals surface area (Å²) < 4.78 is 5.38. The number of para-hydroxylation sites is 1. The Kier molecular flexibility index (Phi) is 3.42. The lowest BCUT2D eigenvalue weighted by atomic mass is 10.1. The molecule has 0 atom stereocenters. The van der Waals surface area contributed by atoms with Crippen LogP contribution in [0, 0.1) is 11.3 Å². The summed E-state index contributed by atoms with van der Waals surface area (Å²) in [6, 6.07) is 16.4. The fourth-order valence-corrected chi connectivity index (χ4v) is 2.11. The van der Waals surface area contributed by atoms with Gasteiger partial charge in [-0.3, -0.25) is 9.59 Å². The molecule has 0 saturated carbocycles. The van der Waals surface area contributed by atoms with E-state index in [1.807, 2.05) is 6.07 Å². The molecule has 1 amide bonds. The molecule has 0 fully saturated rings. The number of carbonyl (C=O) groups excluding carboxylic acids is 1. The summed E-state index contributed by atoms with van der Waals surface area (Å²) >= 11 is 0. The lowest BCUT2D eigenvalue weighted by Gasteiger charge is -2.07. The number of nitrogens with one attached hydrogen (secondary N) is 1. The Bertz CT molecular complexity index is 953. The van der Waals surface area contributed by atoms with E-state index in [9.17, 15) is 9.59 Å². The first kappa shape index (κ1) is 13.6. The van der Waals surface area contributed by atoms with E-state index in [-0.39, 0.29) is 22.7 Å². The monoisotopic (exact) mass is 290 g/mol. The van der Waals surface area contributed by atoms with Crippen molar-refractivity contribution >= 4 is 22.6 Å². The molecule has 0 spiro atoms. The number of amides is 1. The molecular weight excluding hydrogens is 280 g/mol. The van der Waals surface area contributed by atoms with E-state index < -0.39 is 0 Å². The Labute approximate surface area is 125 Å². The maximum absolute atomic E-state index is 12.2. The fraction of sp³-hybridized carbons (Fsp3) is 0. The molecule has 0 aliphatic rings. The predicted octanol–water partition coefficient (Wildman–Crippen LogP) is 2.92. The van der Waals surface area contributed by atoms with Crippen LogP contribution >= 0.6 is 0 Å². The molecule has 0 saturated heterocycles. The Morgan fingerprint density at radius 3 is 2.59 bits per heavy atom. The van der Waals surface area contributed by atoms with Gasteiger partial charge in [0.15, 0.2) is 11.0 Å². The third kappa shape index (κ3) is 2.45. The van der Waals surface area contributed by atoms with Crippen molar-refractivity contribution in [1.29, 1.82) is 5.26 Å². The number of fused-ring (bicyclic) bond motifs is 1. The van der Waals surface area contributed by atoms with Crippen LogP contribution < -0.4 is 10.7 Å². The first-order chi connectivity index (χ1) is 10.7. The molecule has 0 unspecified atom stereocenters. The maximum Gasteiger partial charge on any atom is 0.255 e. The fourth-order valence-electron chi connectivity index (χ4n) is 2.11. The number of hydrogen-bond donors (Lipinski definition) is 1. The van der Waals surface area contributed by atoms with Gasteiger partial charge < -0.3 is 9.73 Å². The van der Waals surface area contributed by atoms with Crippen molar-refractivity contribution in [1.82, 2.24) is 0 Å². The standard InChI is InChI=1S/C17H10N2O3/c18-10-12-9-15(20)13-7-4-8-14(16(13)22-12)19-17(21)11-5-2-1-3-6-11/h1-9H,(H,19,21). The van der Waals surface area contributed by atoms with Crippen LogP contribution in [0.1, 0.15) is 16.1 Å².